The minimum absolute atomic E-state index is 0.200. The molecule has 0 atom stereocenters. The van der Waals surface area contributed by atoms with Crippen molar-refractivity contribution in [3.63, 3.8) is 0 Å². The number of aromatic nitrogens is 1. The molecule has 2 aromatic rings. The fraction of sp³-hybridized carbons (Fsp3) is 0.412. The van der Waals surface area contributed by atoms with Gasteiger partial charge in [0.25, 0.3) is 0 Å². The van der Waals surface area contributed by atoms with Crippen LogP contribution in [0.3, 0.4) is 0 Å². The minimum Gasteiger partial charge on any atom is -0.381 e. The van der Waals surface area contributed by atoms with Crippen LogP contribution in [0.4, 0.5) is 18.3 Å². The van der Waals surface area contributed by atoms with Crippen LogP contribution >= 0.6 is 11.3 Å². The standard InChI is InChI=1S/C17H19F3N2O2S/c1-11(2)9-24-7-6-15(23)22-16-21-14(10-25-16)12-4-3-5-13(8-12)17(18,19)20/h3-5,8,10-11H,6-7,9H2,1-2H3,(H,21,22,23). The second-order valence-corrected chi connectivity index (χ2v) is 6.74. The summed E-state index contributed by atoms with van der Waals surface area (Å²) in [6.07, 6.45) is -4.20. The summed E-state index contributed by atoms with van der Waals surface area (Å²) in [4.78, 5) is 16.0. The van der Waals surface area contributed by atoms with Crippen LogP contribution in [0.1, 0.15) is 25.8 Å². The van der Waals surface area contributed by atoms with Gasteiger partial charge < -0.3 is 10.1 Å². The highest BCUT2D eigenvalue weighted by molar-refractivity contribution is 7.14. The Bertz CT molecular complexity index is 714. The molecule has 0 saturated heterocycles. The van der Waals surface area contributed by atoms with Crippen molar-refractivity contribution in [3.8, 4) is 11.3 Å². The second-order valence-electron chi connectivity index (χ2n) is 5.88. The molecule has 136 valence electrons. The van der Waals surface area contributed by atoms with Crippen molar-refractivity contribution in [1.29, 1.82) is 0 Å². The summed E-state index contributed by atoms with van der Waals surface area (Å²) in [5.41, 5.74) is 0.0141. The summed E-state index contributed by atoms with van der Waals surface area (Å²) in [6, 6.07) is 4.94. The Labute approximate surface area is 148 Å². The number of thiazole rings is 1. The van der Waals surface area contributed by atoms with E-state index in [0.29, 0.717) is 35.5 Å². The first-order valence-corrected chi connectivity index (χ1v) is 8.64. The average molecular weight is 372 g/mol. The lowest BCUT2D eigenvalue weighted by atomic mass is 10.1. The first-order chi connectivity index (χ1) is 11.8. The number of nitrogens with one attached hydrogen (secondary N) is 1. The van der Waals surface area contributed by atoms with E-state index >= 15 is 0 Å². The third-order valence-electron chi connectivity index (χ3n) is 3.16. The molecule has 25 heavy (non-hydrogen) atoms. The summed E-state index contributed by atoms with van der Waals surface area (Å²) in [5, 5.41) is 4.59. The number of ether oxygens (including phenoxy) is 1. The molecule has 1 N–H and O–H groups in total. The van der Waals surface area contributed by atoms with E-state index in [0.717, 1.165) is 12.1 Å². The number of benzene rings is 1. The molecule has 0 aliphatic carbocycles. The van der Waals surface area contributed by atoms with Gasteiger partial charge in [0.2, 0.25) is 5.91 Å². The molecule has 0 bridgehead atoms. The maximum absolute atomic E-state index is 12.8. The van der Waals surface area contributed by atoms with E-state index in [4.69, 9.17) is 4.74 Å². The lowest BCUT2D eigenvalue weighted by molar-refractivity contribution is -0.137. The van der Waals surface area contributed by atoms with Crippen LogP contribution in [-0.2, 0) is 15.7 Å². The zero-order chi connectivity index (χ0) is 18.4. The van der Waals surface area contributed by atoms with Gasteiger partial charge in [-0.25, -0.2) is 4.98 Å². The van der Waals surface area contributed by atoms with Crippen LogP contribution in [-0.4, -0.2) is 24.1 Å². The largest absolute Gasteiger partial charge is 0.416 e. The zero-order valence-electron chi connectivity index (χ0n) is 13.9. The van der Waals surface area contributed by atoms with Crippen molar-refractivity contribution >= 4 is 22.4 Å². The highest BCUT2D eigenvalue weighted by Gasteiger charge is 2.30. The van der Waals surface area contributed by atoms with Crippen LogP contribution in [0.15, 0.2) is 29.6 Å². The number of hydrogen-bond acceptors (Lipinski definition) is 4. The van der Waals surface area contributed by atoms with Gasteiger partial charge in [0.1, 0.15) is 0 Å². The Morgan fingerprint density at radius 2 is 2.12 bits per heavy atom. The SMILES string of the molecule is CC(C)COCCC(=O)Nc1nc(-c2cccc(C(F)(F)F)c2)cs1. The number of nitrogens with zero attached hydrogens (tertiary/aromatic N) is 1. The molecule has 0 aliphatic rings. The monoisotopic (exact) mass is 372 g/mol. The van der Waals surface area contributed by atoms with Crippen molar-refractivity contribution in [2.75, 3.05) is 18.5 Å². The number of carbonyl (C=O) groups is 1. The summed E-state index contributed by atoms with van der Waals surface area (Å²) in [7, 11) is 0. The van der Waals surface area contributed by atoms with Gasteiger partial charge in [-0.15, -0.1) is 11.3 Å². The maximum atomic E-state index is 12.8. The second kappa shape index (κ2) is 8.44. The number of halogens is 3. The van der Waals surface area contributed by atoms with E-state index in [1.54, 1.807) is 11.4 Å². The molecule has 0 radical (unpaired) electrons. The van der Waals surface area contributed by atoms with Crippen LogP contribution in [0.2, 0.25) is 0 Å². The summed E-state index contributed by atoms with van der Waals surface area (Å²) in [5.74, 6) is 0.158. The van der Waals surface area contributed by atoms with E-state index in [2.05, 4.69) is 10.3 Å². The van der Waals surface area contributed by atoms with E-state index in [-0.39, 0.29) is 12.3 Å². The fourth-order valence-electron chi connectivity index (χ4n) is 1.98. The predicted octanol–water partition coefficient (Wildman–Crippen LogP) is 4.83. The van der Waals surface area contributed by atoms with Gasteiger partial charge in [-0.2, -0.15) is 13.2 Å². The Morgan fingerprint density at radius 3 is 2.80 bits per heavy atom. The highest BCUT2D eigenvalue weighted by atomic mass is 32.1. The molecule has 0 aliphatic heterocycles. The lowest BCUT2D eigenvalue weighted by Crippen LogP contribution is -2.15. The summed E-state index contributed by atoms with van der Waals surface area (Å²) in [6.45, 7) is 4.94. The number of anilines is 1. The topological polar surface area (TPSA) is 51.2 Å². The number of carbonyl (C=O) groups excluding carboxylic acids is 1. The number of rotatable bonds is 7. The minimum atomic E-state index is -4.40. The quantitative estimate of drug-likeness (QED) is 0.708. The Hall–Kier alpha value is -1.93. The van der Waals surface area contributed by atoms with E-state index in [9.17, 15) is 18.0 Å². The van der Waals surface area contributed by atoms with Crippen LogP contribution in [0, 0.1) is 5.92 Å². The number of hydrogen-bond donors (Lipinski definition) is 1. The van der Waals surface area contributed by atoms with Crippen molar-refractivity contribution in [1.82, 2.24) is 4.98 Å². The third-order valence-corrected chi connectivity index (χ3v) is 3.92. The van der Waals surface area contributed by atoms with Crippen LogP contribution in [0.5, 0.6) is 0 Å². The molecule has 4 nitrogen and oxygen atoms in total. The zero-order valence-corrected chi connectivity index (χ0v) is 14.7. The van der Waals surface area contributed by atoms with Gasteiger partial charge in [-0.1, -0.05) is 26.0 Å². The molecule has 1 heterocycles. The average Bonchev–Trinajstić information content (AvgIpc) is 2.99. The molecule has 1 aromatic heterocycles. The molecule has 2 rings (SSSR count). The van der Waals surface area contributed by atoms with Gasteiger partial charge in [-0.3, -0.25) is 4.79 Å². The first kappa shape index (κ1) is 19.4. The molecule has 0 spiro atoms. The Kier molecular flexibility index (Phi) is 6.55. The lowest BCUT2D eigenvalue weighted by Gasteiger charge is -2.07. The third kappa shape index (κ3) is 6.13. The molecular formula is C17H19F3N2O2S. The van der Waals surface area contributed by atoms with Crippen LogP contribution < -0.4 is 5.32 Å². The van der Waals surface area contributed by atoms with Crippen molar-refractivity contribution in [2.45, 2.75) is 26.4 Å². The van der Waals surface area contributed by atoms with Gasteiger partial charge >= 0.3 is 6.18 Å². The van der Waals surface area contributed by atoms with Gasteiger partial charge in [0, 0.05) is 17.6 Å². The van der Waals surface area contributed by atoms with Gasteiger partial charge in [0.05, 0.1) is 24.3 Å². The Balaban J connectivity index is 1.95. The highest BCUT2D eigenvalue weighted by Crippen LogP contribution is 2.33. The molecule has 0 unspecified atom stereocenters. The molecule has 1 aromatic carbocycles. The Morgan fingerprint density at radius 1 is 1.36 bits per heavy atom. The molecule has 1 amide bonds. The smallest absolute Gasteiger partial charge is 0.381 e. The van der Waals surface area contributed by atoms with Crippen molar-refractivity contribution < 1.29 is 22.7 Å². The van der Waals surface area contributed by atoms with Gasteiger partial charge in [0.15, 0.2) is 5.13 Å². The summed E-state index contributed by atoms with van der Waals surface area (Å²) < 4.78 is 43.7. The van der Waals surface area contributed by atoms with Gasteiger partial charge in [-0.05, 0) is 18.1 Å². The maximum Gasteiger partial charge on any atom is 0.416 e. The molecule has 8 heteroatoms. The normalized spacial score (nSPS) is 11.8. The van der Waals surface area contributed by atoms with Crippen molar-refractivity contribution in [2.24, 2.45) is 5.92 Å². The number of amides is 1. The van der Waals surface area contributed by atoms with Crippen LogP contribution in [0.25, 0.3) is 11.3 Å². The molecule has 0 fully saturated rings. The number of alkyl halides is 3. The van der Waals surface area contributed by atoms with E-state index < -0.39 is 11.7 Å². The van der Waals surface area contributed by atoms with Crippen molar-refractivity contribution in [3.05, 3.63) is 35.2 Å². The van der Waals surface area contributed by atoms with E-state index in [1.807, 2.05) is 13.8 Å². The summed E-state index contributed by atoms with van der Waals surface area (Å²) >= 11 is 1.17. The van der Waals surface area contributed by atoms with E-state index in [1.165, 1.54) is 17.4 Å². The first-order valence-electron chi connectivity index (χ1n) is 7.76. The fourth-order valence-corrected chi connectivity index (χ4v) is 2.72. The molecular weight excluding hydrogens is 353 g/mol. The molecule has 0 saturated carbocycles. The predicted molar refractivity (Wildman–Crippen MR) is 91.5 cm³/mol.